The maximum atomic E-state index is 10.5. The number of rotatable bonds is 18. The molecular weight excluding hydrogens is 514 g/mol. The molecule has 0 aliphatic carbocycles. The maximum absolute atomic E-state index is 10.5. The number of carbonyl (C=O) groups excluding carboxylic acids is 3. The van der Waals surface area contributed by atoms with Crippen LogP contribution in [0.15, 0.2) is 0 Å². The van der Waals surface area contributed by atoms with Gasteiger partial charge in [0.15, 0.2) is 0 Å². The first-order valence-electron chi connectivity index (χ1n) is 14.0. The first-order chi connectivity index (χ1) is 17.2. The predicted molar refractivity (Wildman–Crippen MR) is 140 cm³/mol. The summed E-state index contributed by atoms with van der Waals surface area (Å²) >= 11 is 0. The number of hydrogen-bond acceptors (Lipinski definition) is 6. The summed E-state index contributed by atoms with van der Waals surface area (Å²) in [6, 6.07) is 0. The molecule has 0 atom stereocenters. The molecule has 219 valence electrons. The third-order valence-electron chi connectivity index (χ3n) is 5.46. The van der Waals surface area contributed by atoms with Crippen molar-refractivity contribution in [3.05, 3.63) is 0 Å². The molecule has 0 saturated carbocycles. The Kier molecular flexibility index (Phi) is 37.1. The van der Waals surface area contributed by atoms with Gasteiger partial charge in [-0.3, -0.25) is 0 Å². The minimum atomic E-state index is -1.03. The fourth-order valence-electron chi connectivity index (χ4n) is 2.98. The number of unbranched alkanes of at least 4 members (excludes halogenated alkanes) is 6. The van der Waals surface area contributed by atoms with Crippen LogP contribution in [0.3, 0.4) is 0 Å². The van der Waals surface area contributed by atoms with E-state index >= 15 is 0 Å². The molecule has 10 heteroatoms. The van der Waals surface area contributed by atoms with Crippen molar-refractivity contribution in [2.45, 2.75) is 119 Å². The molecule has 0 aromatic rings. The largest absolute Gasteiger partial charge is 3.00 e. The molecule has 3 amide bonds. The van der Waals surface area contributed by atoms with E-state index in [1.807, 2.05) is 41.5 Å². The molecule has 0 aliphatic heterocycles. The number of carbonyl (C=O) groups is 3. The number of hydrogen-bond donors (Lipinski definition) is 0. The zero-order valence-electron chi connectivity index (χ0n) is 24.4. The van der Waals surface area contributed by atoms with Crippen LogP contribution in [-0.2, 0) is 17.4 Å². The van der Waals surface area contributed by atoms with Gasteiger partial charge >= 0.3 is 17.4 Å². The summed E-state index contributed by atoms with van der Waals surface area (Å²) in [6.07, 6.45) is 8.62. The average Bonchev–Trinajstić information content (AvgIpc) is 2.84. The van der Waals surface area contributed by atoms with Gasteiger partial charge in [-0.1, -0.05) is 80.1 Å². The average molecular weight is 569 g/mol. The summed E-state index contributed by atoms with van der Waals surface area (Å²) in [7, 11) is 0. The third-order valence-corrected chi connectivity index (χ3v) is 5.46. The third kappa shape index (κ3) is 30.5. The van der Waals surface area contributed by atoms with E-state index in [9.17, 15) is 29.7 Å². The van der Waals surface area contributed by atoms with E-state index < -0.39 is 18.3 Å². The minimum absolute atomic E-state index is 0. The van der Waals surface area contributed by atoms with Gasteiger partial charge in [0.05, 0.1) is 0 Å². The van der Waals surface area contributed by atoms with Gasteiger partial charge in [-0.15, -0.1) is 0 Å². The van der Waals surface area contributed by atoms with Gasteiger partial charge in [0, 0.05) is 39.3 Å². The first kappa shape index (κ1) is 42.4. The molecule has 0 aromatic heterocycles. The molecule has 0 bridgehead atoms. The maximum Gasteiger partial charge on any atom is 3.00 e. The Morgan fingerprint density at radius 3 is 0.622 bits per heavy atom. The second kappa shape index (κ2) is 32.4. The molecule has 37 heavy (non-hydrogen) atoms. The molecule has 0 aromatic carbocycles. The van der Waals surface area contributed by atoms with Crippen LogP contribution in [0, 0.1) is 0 Å². The van der Waals surface area contributed by atoms with Crippen molar-refractivity contribution in [1.29, 1.82) is 0 Å². The smallest absolute Gasteiger partial charge is 0.530 e. The van der Waals surface area contributed by atoms with Crippen LogP contribution in [-0.4, -0.2) is 72.2 Å². The fourth-order valence-corrected chi connectivity index (χ4v) is 2.98. The summed E-state index contributed by atoms with van der Waals surface area (Å²) in [5, 5.41) is 31.6. The van der Waals surface area contributed by atoms with Crippen LogP contribution in [0.4, 0.5) is 14.4 Å². The topological polar surface area (TPSA) is 130 Å². The summed E-state index contributed by atoms with van der Waals surface area (Å²) in [5.41, 5.74) is 0. The van der Waals surface area contributed by atoms with Crippen molar-refractivity contribution < 1.29 is 47.1 Å². The number of nitrogens with zero attached hydrogens (tertiary/aromatic N) is 3. The van der Waals surface area contributed by atoms with E-state index in [1.165, 1.54) is 14.7 Å². The Bertz CT molecular complexity index is 431. The molecule has 0 aliphatic rings. The van der Waals surface area contributed by atoms with Crippen LogP contribution in [0.1, 0.15) is 119 Å². The van der Waals surface area contributed by atoms with E-state index in [0.29, 0.717) is 39.3 Å². The quantitative estimate of drug-likeness (QED) is 0.248. The fraction of sp³-hybridized carbons (Fsp3) is 0.889. The van der Waals surface area contributed by atoms with Crippen molar-refractivity contribution in [3.63, 3.8) is 0 Å². The Labute approximate surface area is 237 Å². The van der Waals surface area contributed by atoms with Gasteiger partial charge in [0.2, 0.25) is 0 Å². The Hall–Kier alpha value is -1.66. The number of amides is 3. The summed E-state index contributed by atoms with van der Waals surface area (Å²) in [6.45, 7) is 16.0. The summed E-state index contributed by atoms with van der Waals surface area (Å²) in [4.78, 5) is 35.8. The van der Waals surface area contributed by atoms with Gasteiger partial charge in [-0.05, 0) is 38.5 Å². The molecule has 0 fully saturated rings. The molecule has 1 radical (unpaired) electrons. The Balaban J connectivity index is -0.000000218. The van der Waals surface area contributed by atoms with Gasteiger partial charge in [-0.2, -0.15) is 0 Å². The molecule has 0 rings (SSSR count). The molecule has 0 heterocycles. The van der Waals surface area contributed by atoms with Crippen LogP contribution >= 0.6 is 0 Å². The monoisotopic (exact) mass is 568 g/mol. The van der Waals surface area contributed by atoms with Crippen LogP contribution in [0.2, 0.25) is 0 Å². The zero-order valence-corrected chi connectivity index (χ0v) is 25.7. The summed E-state index contributed by atoms with van der Waals surface area (Å²) in [5.74, 6) is 0. The number of carboxylic acid groups (broad SMARTS) is 3. The van der Waals surface area contributed by atoms with Crippen molar-refractivity contribution in [2.24, 2.45) is 0 Å². The second-order valence-electron chi connectivity index (χ2n) is 8.88. The normalized spacial score (nSPS) is 9.57. The first-order valence-corrected chi connectivity index (χ1v) is 14.0. The van der Waals surface area contributed by atoms with E-state index in [2.05, 4.69) is 0 Å². The van der Waals surface area contributed by atoms with Gasteiger partial charge in [0.1, 0.15) is 18.3 Å². The summed E-state index contributed by atoms with van der Waals surface area (Å²) < 4.78 is 0. The molecule has 0 N–H and O–H groups in total. The van der Waals surface area contributed by atoms with Crippen LogP contribution in [0.25, 0.3) is 0 Å². The Morgan fingerprint density at radius 2 is 0.541 bits per heavy atom. The van der Waals surface area contributed by atoms with Gasteiger partial charge in [0.25, 0.3) is 0 Å². The zero-order chi connectivity index (χ0) is 28.2. The molecule has 0 spiro atoms. The van der Waals surface area contributed by atoms with Crippen molar-refractivity contribution >= 4 is 18.3 Å². The van der Waals surface area contributed by atoms with Gasteiger partial charge in [-0.25, -0.2) is 0 Å². The van der Waals surface area contributed by atoms with E-state index in [0.717, 1.165) is 77.0 Å². The second-order valence-corrected chi connectivity index (χ2v) is 8.88. The molecule has 0 unspecified atom stereocenters. The van der Waals surface area contributed by atoms with E-state index in [4.69, 9.17) is 0 Å². The van der Waals surface area contributed by atoms with Crippen molar-refractivity contribution in [2.75, 3.05) is 39.3 Å². The predicted octanol–water partition coefficient (Wildman–Crippen LogP) is 3.69. The SMILES string of the molecule is CCCCN(CCCC)C(=O)[O-].CCCCN(CCCC)C(=O)[O-].CCCCN(CCCC)C(=O)[O-].[Cr+3]. The minimum Gasteiger partial charge on any atom is -0.530 e. The van der Waals surface area contributed by atoms with Crippen molar-refractivity contribution in [3.8, 4) is 0 Å². The van der Waals surface area contributed by atoms with E-state index in [1.54, 1.807) is 0 Å². The van der Waals surface area contributed by atoms with Crippen LogP contribution < -0.4 is 15.3 Å². The van der Waals surface area contributed by atoms with Gasteiger partial charge < -0.3 is 44.4 Å². The van der Waals surface area contributed by atoms with Crippen LogP contribution in [0.5, 0.6) is 0 Å². The molecule has 0 saturated heterocycles. The Morgan fingerprint density at radius 1 is 0.405 bits per heavy atom. The molecular formula is C27H54CrN3O6. The molecule has 9 nitrogen and oxygen atoms in total. The standard InChI is InChI=1S/3C9H19NO2.Cr/c3*1-3-5-7-10(9(11)12)8-6-4-2;/h3*3-8H2,1-2H3,(H,11,12);/q;;;+3/p-3. The van der Waals surface area contributed by atoms with E-state index in [-0.39, 0.29) is 17.4 Å². The van der Waals surface area contributed by atoms with Crippen molar-refractivity contribution in [1.82, 2.24) is 14.7 Å².